The largest absolute Gasteiger partial charge is 0.305 e. The molecule has 2 aromatic carbocycles. The van der Waals surface area contributed by atoms with Gasteiger partial charge in [0.15, 0.2) is 5.11 Å². The standard InChI is InChI=1S/C19H10Cl3N5S2/c20-13-3-1-10(2-4-13)17-26-27-19(29-17)25-18(28)23-9-12-7-11-8-14(21)5-6-15(11)24-16(12)22/h1-9H,(H,25,27,28)/b23-9+. The molecule has 5 nitrogen and oxygen atoms in total. The smallest absolute Gasteiger partial charge is 0.212 e. The van der Waals surface area contributed by atoms with Crippen molar-refractivity contribution < 1.29 is 0 Å². The van der Waals surface area contributed by atoms with Gasteiger partial charge in [0.1, 0.15) is 10.2 Å². The highest BCUT2D eigenvalue weighted by Crippen LogP contribution is 2.27. The summed E-state index contributed by atoms with van der Waals surface area (Å²) < 4.78 is 0. The van der Waals surface area contributed by atoms with E-state index in [0.29, 0.717) is 25.9 Å². The van der Waals surface area contributed by atoms with Gasteiger partial charge in [-0.2, -0.15) is 0 Å². The van der Waals surface area contributed by atoms with Gasteiger partial charge in [-0.3, -0.25) is 0 Å². The Kier molecular flexibility index (Phi) is 6.03. The van der Waals surface area contributed by atoms with Crippen LogP contribution in [-0.2, 0) is 0 Å². The zero-order chi connectivity index (χ0) is 20.4. The van der Waals surface area contributed by atoms with Crippen LogP contribution in [0.25, 0.3) is 21.5 Å². The molecule has 4 rings (SSSR count). The molecular weight excluding hydrogens is 469 g/mol. The van der Waals surface area contributed by atoms with Gasteiger partial charge < -0.3 is 5.32 Å². The van der Waals surface area contributed by atoms with Crippen LogP contribution in [0.2, 0.25) is 15.2 Å². The summed E-state index contributed by atoms with van der Waals surface area (Å²) in [6, 6.07) is 14.6. The van der Waals surface area contributed by atoms with Gasteiger partial charge in [-0.15, -0.1) is 10.2 Å². The number of hydrogen-bond donors (Lipinski definition) is 1. The molecule has 0 saturated carbocycles. The van der Waals surface area contributed by atoms with Crippen LogP contribution >= 0.6 is 58.4 Å². The molecule has 0 unspecified atom stereocenters. The molecule has 2 heterocycles. The van der Waals surface area contributed by atoms with Crippen LogP contribution in [0, 0.1) is 0 Å². The van der Waals surface area contributed by atoms with Crippen molar-refractivity contribution in [1.82, 2.24) is 15.2 Å². The summed E-state index contributed by atoms with van der Waals surface area (Å²) in [7, 11) is 0. The third-order valence-electron chi connectivity index (χ3n) is 3.81. The van der Waals surface area contributed by atoms with E-state index in [2.05, 4.69) is 25.5 Å². The minimum absolute atomic E-state index is 0.228. The van der Waals surface area contributed by atoms with Crippen molar-refractivity contribution in [2.45, 2.75) is 0 Å². The Morgan fingerprint density at radius 2 is 1.76 bits per heavy atom. The normalized spacial score (nSPS) is 11.3. The number of aliphatic imine (C=N–C) groups is 1. The van der Waals surface area contributed by atoms with Crippen molar-refractivity contribution >= 4 is 85.7 Å². The first-order chi connectivity index (χ1) is 14.0. The second-order valence-corrected chi connectivity index (χ2v) is 8.41. The minimum atomic E-state index is 0.228. The summed E-state index contributed by atoms with van der Waals surface area (Å²) in [6.07, 6.45) is 1.55. The molecule has 0 atom stereocenters. The highest BCUT2D eigenvalue weighted by atomic mass is 35.5. The molecule has 144 valence electrons. The van der Waals surface area contributed by atoms with Crippen LogP contribution in [-0.4, -0.2) is 26.5 Å². The number of pyridine rings is 1. The quantitative estimate of drug-likeness (QED) is 0.206. The van der Waals surface area contributed by atoms with Crippen LogP contribution in [0.15, 0.2) is 53.5 Å². The molecule has 0 aliphatic rings. The second kappa shape index (κ2) is 8.69. The molecule has 0 fully saturated rings. The first kappa shape index (κ1) is 20.1. The van der Waals surface area contributed by atoms with Crippen molar-refractivity contribution in [3.05, 3.63) is 69.3 Å². The molecule has 0 saturated heterocycles. The highest BCUT2D eigenvalue weighted by molar-refractivity contribution is 7.80. The number of anilines is 1. The lowest BCUT2D eigenvalue weighted by molar-refractivity contribution is 1.10. The Hall–Kier alpha value is -2.16. The molecule has 10 heteroatoms. The van der Waals surface area contributed by atoms with E-state index in [1.807, 2.05) is 30.3 Å². The third-order valence-corrected chi connectivity index (χ3v) is 5.69. The number of benzene rings is 2. The predicted octanol–water partition coefficient (Wildman–Crippen LogP) is 6.53. The number of fused-ring (bicyclic) bond motifs is 1. The van der Waals surface area contributed by atoms with Gasteiger partial charge in [-0.1, -0.05) is 58.3 Å². The lowest BCUT2D eigenvalue weighted by Gasteiger charge is -2.03. The fraction of sp³-hybridized carbons (Fsp3) is 0. The average molecular weight is 479 g/mol. The zero-order valence-electron chi connectivity index (χ0n) is 14.4. The Bertz CT molecular complexity index is 1240. The van der Waals surface area contributed by atoms with Crippen LogP contribution in [0.3, 0.4) is 0 Å². The van der Waals surface area contributed by atoms with E-state index in [1.54, 1.807) is 24.4 Å². The van der Waals surface area contributed by atoms with Gasteiger partial charge in [-0.05, 0) is 48.6 Å². The lowest BCUT2D eigenvalue weighted by Crippen LogP contribution is -2.06. The number of nitrogens with one attached hydrogen (secondary N) is 1. The first-order valence-corrected chi connectivity index (χ1v) is 10.5. The number of aromatic nitrogens is 3. The summed E-state index contributed by atoms with van der Waals surface area (Å²) >= 11 is 24.8. The molecule has 0 bridgehead atoms. The van der Waals surface area contributed by atoms with E-state index in [-0.39, 0.29) is 5.11 Å². The van der Waals surface area contributed by atoms with Gasteiger partial charge in [-0.25, -0.2) is 9.98 Å². The Balaban J connectivity index is 1.48. The molecule has 0 amide bonds. The fourth-order valence-electron chi connectivity index (χ4n) is 2.47. The van der Waals surface area contributed by atoms with Gasteiger partial charge >= 0.3 is 0 Å². The van der Waals surface area contributed by atoms with Crippen molar-refractivity contribution in [1.29, 1.82) is 0 Å². The topological polar surface area (TPSA) is 63.1 Å². The minimum Gasteiger partial charge on any atom is -0.305 e. The van der Waals surface area contributed by atoms with Crippen molar-refractivity contribution in [2.24, 2.45) is 4.99 Å². The predicted molar refractivity (Wildman–Crippen MR) is 126 cm³/mol. The van der Waals surface area contributed by atoms with E-state index in [4.69, 9.17) is 47.0 Å². The SMILES string of the molecule is S=C(/N=C/c1cc2cc(Cl)ccc2nc1Cl)Nc1nnc(-c2ccc(Cl)cc2)s1. The maximum atomic E-state index is 6.24. The van der Waals surface area contributed by atoms with E-state index >= 15 is 0 Å². The number of rotatable bonds is 3. The molecule has 29 heavy (non-hydrogen) atoms. The van der Waals surface area contributed by atoms with Crippen LogP contribution in [0.1, 0.15) is 5.56 Å². The van der Waals surface area contributed by atoms with E-state index in [0.717, 1.165) is 21.5 Å². The van der Waals surface area contributed by atoms with Gasteiger partial charge in [0.2, 0.25) is 5.13 Å². The Morgan fingerprint density at radius 1 is 1.00 bits per heavy atom. The zero-order valence-corrected chi connectivity index (χ0v) is 18.3. The second-order valence-electron chi connectivity index (χ2n) is 5.81. The summed E-state index contributed by atoms with van der Waals surface area (Å²) in [6.45, 7) is 0. The summed E-state index contributed by atoms with van der Waals surface area (Å²) in [5.41, 5.74) is 2.30. The molecule has 4 aromatic rings. The number of hydrogen-bond acceptors (Lipinski definition) is 5. The molecule has 0 radical (unpaired) electrons. The maximum absolute atomic E-state index is 6.24. The van der Waals surface area contributed by atoms with E-state index < -0.39 is 0 Å². The Morgan fingerprint density at radius 3 is 2.55 bits per heavy atom. The highest BCUT2D eigenvalue weighted by Gasteiger charge is 2.08. The van der Waals surface area contributed by atoms with Gasteiger partial charge in [0, 0.05) is 32.8 Å². The van der Waals surface area contributed by atoms with E-state index in [9.17, 15) is 0 Å². The lowest BCUT2D eigenvalue weighted by atomic mass is 10.2. The first-order valence-electron chi connectivity index (χ1n) is 8.18. The average Bonchev–Trinajstić information content (AvgIpc) is 3.15. The monoisotopic (exact) mass is 477 g/mol. The van der Waals surface area contributed by atoms with Gasteiger partial charge in [0.25, 0.3) is 0 Å². The molecular formula is C19H10Cl3N5S2. The molecule has 0 aliphatic heterocycles. The fourth-order valence-corrected chi connectivity index (χ4v) is 3.93. The van der Waals surface area contributed by atoms with Crippen molar-refractivity contribution in [3.63, 3.8) is 0 Å². The van der Waals surface area contributed by atoms with E-state index in [1.165, 1.54) is 11.3 Å². The summed E-state index contributed by atoms with van der Waals surface area (Å²) in [5.74, 6) is 0. The van der Waals surface area contributed by atoms with Crippen LogP contribution in [0.5, 0.6) is 0 Å². The maximum Gasteiger partial charge on any atom is 0.212 e. The molecule has 2 aromatic heterocycles. The van der Waals surface area contributed by atoms with Crippen LogP contribution in [0.4, 0.5) is 5.13 Å². The number of halogens is 3. The third kappa shape index (κ3) is 4.88. The summed E-state index contributed by atoms with van der Waals surface area (Å²) in [5, 5.41) is 15.2. The molecule has 0 aliphatic carbocycles. The van der Waals surface area contributed by atoms with Crippen LogP contribution < -0.4 is 5.32 Å². The Labute approximate surface area is 190 Å². The van der Waals surface area contributed by atoms with Crippen molar-refractivity contribution in [2.75, 3.05) is 5.32 Å². The molecule has 1 N–H and O–H groups in total. The van der Waals surface area contributed by atoms with Crippen molar-refractivity contribution in [3.8, 4) is 10.6 Å². The number of nitrogens with zero attached hydrogens (tertiary/aromatic N) is 4. The number of thiocarbonyl (C=S) groups is 1. The molecule has 0 spiro atoms. The van der Waals surface area contributed by atoms with Gasteiger partial charge in [0.05, 0.1) is 5.52 Å². The summed E-state index contributed by atoms with van der Waals surface area (Å²) in [4.78, 5) is 8.58.